The fourth-order valence-corrected chi connectivity index (χ4v) is 3.41. The van der Waals surface area contributed by atoms with Crippen LogP contribution < -0.4 is 0 Å². The van der Waals surface area contributed by atoms with Crippen molar-refractivity contribution in [2.24, 2.45) is 0 Å². The van der Waals surface area contributed by atoms with Gasteiger partial charge < -0.3 is 0 Å². The van der Waals surface area contributed by atoms with E-state index in [4.69, 9.17) is 0 Å². The summed E-state index contributed by atoms with van der Waals surface area (Å²) in [5, 5.41) is 5.18. The number of pyridine rings is 1. The number of hydrogen-bond acceptors (Lipinski definition) is 2. The van der Waals surface area contributed by atoms with Crippen molar-refractivity contribution in [2.75, 3.05) is 0 Å². The fourth-order valence-electron chi connectivity index (χ4n) is 2.31. The van der Waals surface area contributed by atoms with Gasteiger partial charge in [0.1, 0.15) is 0 Å². The summed E-state index contributed by atoms with van der Waals surface area (Å²) in [7, 11) is 0. The van der Waals surface area contributed by atoms with E-state index in [-0.39, 0.29) is 0 Å². The van der Waals surface area contributed by atoms with Crippen molar-refractivity contribution in [2.45, 2.75) is 0 Å². The van der Waals surface area contributed by atoms with Crippen molar-refractivity contribution in [3.63, 3.8) is 0 Å². The summed E-state index contributed by atoms with van der Waals surface area (Å²) in [6.07, 6.45) is 3.82. The Morgan fingerprint density at radius 3 is 2.53 bits per heavy atom. The summed E-state index contributed by atoms with van der Waals surface area (Å²) in [6, 6.07) is 15.1. The normalized spacial score (nSPS) is 11.5. The summed E-state index contributed by atoms with van der Waals surface area (Å²) >= 11 is 1.84. The van der Waals surface area contributed by atoms with Crippen LogP contribution in [0, 0.1) is 0 Å². The molecule has 0 saturated carbocycles. The topological polar surface area (TPSA) is 12.9 Å². The lowest BCUT2D eigenvalue weighted by molar-refractivity contribution is 1.37. The molecule has 0 saturated heterocycles. The van der Waals surface area contributed by atoms with Gasteiger partial charge in [-0.15, -0.1) is 11.3 Å². The minimum Gasteiger partial charge on any atom is -0.264 e. The van der Waals surface area contributed by atoms with Crippen LogP contribution in [0.5, 0.6) is 0 Å². The van der Waals surface area contributed by atoms with E-state index in [9.17, 15) is 0 Å². The molecule has 0 aliphatic carbocycles. The highest BCUT2D eigenvalue weighted by atomic mass is 32.1. The molecule has 0 aliphatic rings. The van der Waals surface area contributed by atoms with Gasteiger partial charge >= 0.3 is 0 Å². The minimum atomic E-state index is 1.26. The van der Waals surface area contributed by atoms with Crippen molar-refractivity contribution in [1.82, 2.24) is 4.98 Å². The number of rotatable bonds is 0. The van der Waals surface area contributed by atoms with Crippen LogP contribution in [0.3, 0.4) is 0 Å². The Balaban J connectivity index is 2.28. The van der Waals surface area contributed by atoms with Gasteiger partial charge in [-0.1, -0.05) is 24.3 Å². The fraction of sp³-hybridized carbons (Fsp3) is 0. The van der Waals surface area contributed by atoms with Crippen molar-refractivity contribution < 1.29 is 0 Å². The summed E-state index contributed by atoms with van der Waals surface area (Å²) in [6.45, 7) is 0. The predicted molar refractivity (Wildman–Crippen MR) is 74.6 cm³/mol. The van der Waals surface area contributed by atoms with Crippen LogP contribution in [0.25, 0.3) is 30.9 Å². The molecule has 0 spiro atoms. The van der Waals surface area contributed by atoms with Crippen molar-refractivity contribution in [1.29, 1.82) is 0 Å². The number of nitrogens with zero attached hydrogens (tertiary/aromatic N) is 1. The minimum absolute atomic E-state index is 1.26. The van der Waals surface area contributed by atoms with Gasteiger partial charge in [-0.2, -0.15) is 0 Å². The average molecular weight is 235 g/mol. The molecule has 0 unspecified atom stereocenters. The maximum absolute atomic E-state index is 4.22. The first-order chi connectivity index (χ1) is 8.42. The highest BCUT2D eigenvalue weighted by Gasteiger charge is 2.05. The lowest BCUT2D eigenvalue weighted by atomic mass is 10.1. The summed E-state index contributed by atoms with van der Waals surface area (Å²) in [5.41, 5.74) is 0. The zero-order valence-corrected chi connectivity index (χ0v) is 9.87. The first kappa shape index (κ1) is 9.14. The molecular weight excluding hydrogens is 226 g/mol. The smallest absolute Gasteiger partial charge is 0.0386 e. The number of thiophene rings is 1. The van der Waals surface area contributed by atoms with Gasteiger partial charge in [0, 0.05) is 32.6 Å². The van der Waals surface area contributed by atoms with Gasteiger partial charge in [0.15, 0.2) is 0 Å². The first-order valence-corrected chi connectivity index (χ1v) is 6.38. The van der Waals surface area contributed by atoms with Gasteiger partial charge in [0.05, 0.1) is 0 Å². The molecule has 2 heterocycles. The molecule has 2 heteroatoms. The second-order valence-electron chi connectivity index (χ2n) is 4.17. The molecule has 1 nitrogen and oxygen atoms in total. The molecule has 0 aliphatic heterocycles. The molecule has 4 rings (SSSR count). The highest BCUT2D eigenvalue weighted by molar-refractivity contribution is 7.25. The molecule has 2 aromatic carbocycles. The Kier molecular flexibility index (Phi) is 1.76. The Morgan fingerprint density at radius 1 is 0.824 bits per heavy atom. The van der Waals surface area contributed by atoms with E-state index in [0.717, 1.165) is 0 Å². The van der Waals surface area contributed by atoms with E-state index in [1.807, 2.05) is 23.7 Å². The third-order valence-electron chi connectivity index (χ3n) is 3.14. The molecule has 17 heavy (non-hydrogen) atoms. The van der Waals surface area contributed by atoms with Crippen LogP contribution >= 0.6 is 11.3 Å². The third kappa shape index (κ3) is 1.28. The van der Waals surface area contributed by atoms with Crippen LogP contribution in [0.15, 0.2) is 54.9 Å². The zero-order chi connectivity index (χ0) is 11.2. The summed E-state index contributed by atoms with van der Waals surface area (Å²) in [5.74, 6) is 0. The number of fused-ring (bicyclic) bond motifs is 4. The van der Waals surface area contributed by atoms with E-state index in [1.54, 1.807) is 0 Å². The van der Waals surface area contributed by atoms with Crippen molar-refractivity contribution in [3.05, 3.63) is 54.9 Å². The van der Waals surface area contributed by atoms with E-state index < -0.39 is 0 Å². The summed E-state index contributed by atoms with van der Waals surface area (Å²) in [4.78, 5) is 4.22. The molecule has 2 aromatic heterocycles. The Labute approximate surface area is 102 Å². The predicted octanol–water partition coefficient (Wildman–Crippen LogP) is 4.60. The number of benzene rings is 2. The van der Waals surface area contributed by atoms with E-state index in [0.29, 0.717) is 0 Å². The maximum atomic E-state index is 4.22. The highest BCUT2D eigenvalue weighted by Crippen LogP contribution is 2.35. The molecule has 0 radical (unpaired) electrons. The molecule has 4 aromatic rings. The van der Waals surface area contributed by atoms with Gasteiger partial charge in [-0.05, 0) is 29.0 Å². The number of aromatic nitrogens is 1. The second-order valence-corrected chi connectivity index (χ2v) is 5.25. The second kappa shape index (κ2) is 3.28. The lowest BCUT2D eigenvalue weighted by Crippen LogP contribution is -1.72. The van der Waals surface area contributed by atoms with Crippen molar-refractivity contribution >= 4 is 42.3 Å². The SMILES string of the molecule is c1ccc2cc3c(cc2c1)sc1ccncc13. The zero-order valence-electron chi connectivity index (χ0n) is 9.05. The Hall–Kier alpha value is -1.93. The van der Waals surface area contributed by atoms with Gasteiger partial charge in [-0.3, -0.25) is 4.98 Å². The van der Waals surface area contributed by atoms with Gasteiger partial charge in [0.25, 0.3) is 0 Å². The Morgan fingerprint density at radius 2 is 1.65 bits per heavy atom. The molecule has 0 N–H and O–H groups in total. The van der Waals surface area contributed by atoms with E-state index >= 15 is 0 Å². The maximum Gasteiger partial charge on any atom is 0.0386 e. The van der Waals surface area contributed by atoms with Crippen LogP contribution in [0.1, 0.15) is 0 Å². The standard InChI is InChI=1S/C15H9NS/c1-2-4-11-8-15-12(7-10(11)3-1)13-9-16-6-5-14(13)17-15/h1-9H. The quantitative estimate of drug-likeness (QED) is 0.434. The average Bonchev–Trinajstić information content (AvgIpc) is 2.73. The van der Waals surface area contributed by atoms with E-state index in [1.165, 1.54) is 30.9 Å². The largest absolute Gasteiger partial charge is 0.264 e. The Bertz CT molecular complexity index is 839. The van der Waals surface area contributed by atoms with Crippen LogP contribution in [0.4, 0.5) is 0 Å². The molecular formula is C15H9NS. The van der Waals surface area contributed by atoms with Crippen LogP contribution in [-0.4, -0.2) is 4.98 Å². The monoisotopic (exact) mass is 235 g/mol. The van der Waals surface area contributed by atoms with Gasteiger partial charge in [-0.25, -0.2) is 0 Å². The molecule has 0 fully saturated rings. The van der Waals surface area contributed by atoms with Gasteiger partial charge in [0.2, 0.25) is 0 Å². The molecule has 0 bridgehead atoms. The molecule has 80 valence electrons. The molecule has 0 atom stereocenters. The van der Waals surface area contributed by atoms with Crippen LogP contribution in [-0.2, 0) is 0 Å². The van der Waals surface area contributed by atoms with Crippen LogP contribution in [0.2, 0.25) is 0 Å². The van der Waals surface area contributed by atoms with E-state index in [2.05, 4.69) is 47.4 Å². The first-order valence-electron chi connectivity index (χ1n) is 5.57. The third-order valence-corrected chi connectivity index (χ3v) is 4.27. The van der Waals surface area contributed by atoms with Crippen molar-refractivity contribution in [3.8, 4) is 0 Å². The molecule has 0 amide bonds. The number of hydrogen-bond donors (Lipinski definition) is 0. The summed E-state index contributed by atoms with van der Waals surface area (Å²) < 4.78 is 2.65. The lowest BCUT2D eigenvalue weighted by Gasteiger charge is -1.97.